The Labute approximate surface area is 380 Å². The number of esters is 1. The van der Waals surface area contributed by atoms with Crippen molar-refractivity contribution in [3.63, 3.8) is 0 Å². The fourth-order valence-electron chi connectivity index (χ4n) is 7.81. The lowest BCUT2D eigenvalue weighted by molar-refractivity contribution is -0.870. The minimum absolute atomic E-state index is 0.0206. The van der Waals surface area contributed by atoms with E-state index >= 15 is 0 Å². The molecule has 61 heavy (non-hydrogen) atoms. The summed E-state index contributed by atoms with van der Waals surface area (Å²) in [5, 5.41) is 0. The van der Waals surface area contributed by atoms with Crippen molar-refractivity contribution in [3.05, 3.63) is 12.3 Å². The molecule has 0 aromatic heterocycles. The van der Waals surface area contributed by atoms with E-state index in [2.05, 4.69) is 13.8 Å². The molecule has 0 saturated carbocycles. The molecule has 0 amide bonds. The fourth-order valence-corrected chi connectivity index (χ4v) is 8.54. The molecule has 0 rings (SSSR count). The highest BCUT2D eigenvalue weighted by atomic mass is 31.2. The van der Waals surface area contributed by atoms with Crippen LogP contribution in [0.4, 0.5) is 0 Å². The zero-order valence-corrected chi connectivity index (χ0v) is 42.3. The zero-order valence-electron chi connectivity index (χ0n) is 41.4. The molecule has 0 aromatic carbocycles. The Morgan fingerprint density at radius 1 is 0.508 bits per heavy atom. The van der Waals surface area contributed by atoms with E-state index in [9.17, 15) is 14.3 Å². The minimum Gasteiger partial charge on any atom is -0.756 e. The summed E-state index contributed by atoms with van der Waals surface area (Å²) in [7, 11) is 1.34. The summed E-state index contributed by atoms with van der Waals surface area (Å²) in [6.07, 6.45) is 53.4. The molecule has 2 atom stereocenters. The van der Waals surface area contributed by atoms with Gasteiger partial charge in [-0.1, -0.05) is 239 Å². The third-order valence-electron chi connectivity index (χ3n) is 11.9. The lowest BCUT2D eigenvalue weighted by Gasteiger charge is -2.28. The molecule has 8 nitrogen and oxygen atoms in total. The molecule has 9 heteroatoms. The third kappa shape index (κ3) is 49.9. The van der Waals surface area contributed by atoms with Crippen molar-refractivity contribution in [3.8, 4) is 0 Å². The number of likely N-dealkylation sites (N-methyl/N-ethyl adjacent to an activating group) is 1. The average Bonchev–Trinajstić information content (AvgIpc) is 3.22. The molecule has 0 aromatic rings. The third-order valence-corrected chi connectivity index (χ3v) is 12.9. The van der Waals surface area contributed by atoms with Gasteiger partial charge in [-0.05, 0) is 25.3 Å². The maximum atomic E-state index is 12.7. The van der Waals surface area contributed by atoms with Gasteiger partial charge in [-0.3, -0.25) is 9.36 Å². The molecule has 0 radical (unpaired) electrons. The van der Waals surface area contributed by atoms with Crippen LogP contribution in [0.1, 0.15) is 264 Å². The molecule has 0 N–H and O–H groups in total. The monoisotopic (exact) mass is 886 g/mol. The van der Waals surface area contributed by atoms with Crippen molar-refractivity contribution in [1.29, 1.82) is 0 Å². The van der Waals surface area contributed by atoms with Gasteiger partial charge in [0.2, 0.25) is 0 Å². The molecule has 364 valence electrons. The van der Waals surface area contributed by atoms with Crippen LogP contribution in [0.25, 0.3) is 0 Å². The second-order valence-corrected chi connectivity index (χ2v) is 20.7. The molecule has 0 heterocycles. The number of hydrogen-bond acceptors (Lipinski definition) is 7. The molecule has 1 unspecified atom stereocenters. The Morgan fingerprint density at radius 2 is 0.852 bits per heavy atom. The summed E-state index contributed by atoms with van der Waals surface area (Å²) in [5.74, 6) is -0.348. The smallest absolute Gasteiger partial charge is 0.306 e. The van der Waals surface area contributed by atoms with Gasteiger partial charge >= 0.3 is 5.97 Å². The van der Waals surface area contributed by atoms with E-state index in [1.807, 2.05) is 27.2 Å². The second kappa shape index (κ2) is 45.6. The topological polar surface area (TPSA) is 94.1 Å². The van der Waals surface area contributed by atoms with Crippen molar-refractivity contribution in [2.24, 2.45) is 0 Å². The van der Waals surface area contributed by atoms with Crippen LogP contribution >= 0.6 is 7.82 Å². The lowest BCUT2D eigenvalue weighted by atomic mass is 10.0. The highest BCUT2D eigenvalue weighted by Gasteiger charge is 2.20. The van der Waals surface area contributed by atoms with Gasteiger partial charge in [0.1, 0.15) is 19.8 Å². The first-order chi connectivity index (χ1) is 29.6. The summed E-state index contributed by atoms with van der Waals surface area (Å²) in [5.41, 5.74) is 0. The highest BCUT2D eigenvalue weighted by molar-refractivity contribution is 7.45. The predicted molar refractivity (Wildman–Crippen MR) is 259 cm³/mol. The van der Waals surface area contributed by atoms with E-state index in [0.29, 0.717) is 17.4 Å². The van der Waals surface area contributed by atoms with Crippen molar-refractivity contribution < 1.29 is 37.3 Å². The Balaban J connectivity index is 4.09. The second-order valence-electron chi connectivity index (χ2n) is 19.3. The van der Waals surface area contributed by atoms with Crippen LogP contribution in [0.3, 0.4) is 0 Å². The molecule has 0 aliphatic heterocycles. The first-order valence-corrected chi connectivity index (χ1v) is 27.9. The van der Waals surface area contributed by atoms with Gasteiger partial charge in [0.05, 0.1) is 34.0 Å². The number of quaternary nitrogens is 1. The molecule has 0 spiro atoms. The number of hydrogen-bond donors (Lipinski definition) is 0. The van der Waals surface area contributed by atoms with Gasteiger partial charge < -0.3 is 27.9 Å². The van der Waals surface area contributed by atoms with Crippen LogP contribution in [0.15, 0.2) is 12.3 Å². The summed E-state index contributed by atoms with van der Waals surface area (Å²) < 4.78 is 34.5. The Morgan fingerprint density at radius 3 is 1.21 bits per heavy atom. The van der Waals surface area contributed by atoms with Crippen LogP contribution in [0.5, 0.6) is 0 Å². The van der Waals surface area contributed by atoms with Crippen LogP contribution in [-0.4, -0.2) is 64.1 Å². The molecule has 0 bridgehead atoms. The van der Waals surface area contributed by atoms with Gasteiger partial charge in [-0.2, -0.15) is 0 Å². The molecule has 0 aliphatic carbocycles. The van der Waals surface area contributed by atoms with Crippen molar-refractivity contribution in [1.82, 2.24) is 0 Å². The van der Waals surface area contributed by atoms with E-state index in [1.165, 1.54) is 212 Å². The van der Waals surface area contributed by atoms with Crippen molar-refractivity contribution in [2.75, 3.05) is 47.5 Å². The first kappa shape index (κ1) is 60.1. The summed E-state index contributed by atoms with van der Waals surface area (Å²) >= 11 is 0. The number of unbranched alkanes of at least 4 members (excludes halogenated alkanes) is 36. The Kier molecular flexibility index (Phi) is 45.0. The maximum Gasteiger partial charge on any atom is 0.306 e. The highest BCUT2D eigenvalue weighted by Crippen LogP contribution is 2.38. The van der Waals surface area contributed by atoms with Crippen LogP contribution in [0.2, 0.25) is 0 Å². The maximum absolute atomic E-state index is 12.7. The normalized spacial score (nSPS) is 13.5. The number of phosphoric ester groups is 1. The van der Waals surface area contributed by atoms with Crippen molar-refractivity contribution >= 4 is 13.8 Å². The van der Waals surface area contributed by atoms with E-state index in [4.69, 9.17) is 18.5 Å². The summed E-state index contributed by atoms with van der Waals surface area (Å²) in [6, 6.07) is 0. The summed E-state index contributed by atoms with van der Waals surface area (Å²) in [6.45, 7) is 4.80. The van der Waals surface area contributed by atoms with Gasteiger partial charge in [0.15, 0.2) is 6.10 Å². The fraction of sp³-hybridized carbons (Fsp3) is 0.942. The van der Waals surface area contributed by atoms with Crippen LogP contribution in [0, 0.1) is 0 Å². The minimum atomic E-state index is -4.54. The van der Waals surface area contributed by atoms with E-state index in [-0.39, 0.29) is 25.8 Å². The molecular weight excluding hydrogens is 782 g/mol. The Bertz CT molecular complexity index is 987. The number of carbonyl (C=O) groups excluding carboxylic acids is 1. The number of phosphoric acid groups is 1. The number of rotatable bonds is 50. The average molecular weight is 886 g/mol. The zero-order chi connectivity index (χ0) is 44.8. The van der Waals surface area contributed by atoms with E-state index in [1.54, 1.807) is 6.26 Å². The standard InChI is InChI=1S/C52H104NO7P/c1-6-8-10-12-14-16-18-20-22-24-25-26-27-28-29-30-31-33-35-37-39-41-43-45-52(54)60-51(50-59-61(55,56)58-48-46-53(3,4)5)49-57-47-44-42-40-38-36-34-32-23-21-19-17-15-13-11-9-7-2/h44,47,51H,6-43,45-46,48-50H2,1-5H3/b47-44+/t51-/m1/s1. The molecule has 0 aliphatic rings. The quantitative estimate of drug-likeness (QED) is 0.0197. The number of allylic oxidation sites excluding steroid dienone is 1. The van der Waals surface area contributed by atoms with Gasteiger partial charge in [-0.25, -0.2) is 0 Å². The number of carbonyl (C=O) groups is 1. The first-order valence-electron chi connectivity index (χ1n) is 26.5. The van der Waals surface area contributed by atoms with Gasteiger partial charge in [-0.15, -0.1) is 0 Å². The Hall–Kier alpha value is -0.920. The van der Waals surface area contributed by atoms with E-state index < -0.39 is 13.9 Å². The molecule has 0 fully saturated rings. The van der Waals surface area contributed by atoms with Crippen LogP contribution in [-0.2, 0) is 27.9 Å². The summed E-state index contributed by atoms with van der Waals surface area (Å²) in [4.78, 5) is 25.2. The number of nitrogens with zero attached hydrogens (tertiary/aromatic N) is 1. The largest absolute Gasteiger partial charge is 0.756 e. The lowest BCUT2D eigenvalue weighted by Crippen LogP contribution is -2.37. The molecule has 0 saturated heterocycles. The SMILES string of the molecule is CCCCCCCCCCCCCCCC/C=C/OC[C@H](COP(=O)([O-])OCC[N+](C)(C)C)OC(=O)CCCCCCCCCCCCCCCCCCCCCCCCC. The number of ether oxygens (including phenoxy) is 2. The van der Waals surface area contributed by atoms with Crippen molar-refractivity contribution in [2.45, 2.75) is 270 Å². The van der Waals surface area contributed by atoms with Crippen LogP contribution < -0.4 is 4.89 Å². The van der Waals surface area contributed by atoms with Gasteiger partial charge in [0, 0.05) is 6.42 Å². The predicted octanol–water partition coefficient (Wildman–Crippen LogP) is 15.9. The van der Waals surface area contributed by atoms with Gasteiger partial charge in [0.25, 0.3) is 7.82 Å². The van der Waals surface area contributed by atoms with E-state index in [0.717, 1.165) is 32.1 Å². The molecular formula is C52H104NO7P.